The predicted molar refractivity (Wildman–Crippen MR) is 75.0 cm³/mol. The normalized spacial score (nSPS) is 22.6. The molecule has 1 fully saturated rings. The monoisotopic (exact) mass is 276 g/mol. The Balaban J connectivity index is 1.62. The number of piperidine rings is 1. The van der Waals surface area contributed by atoms with E-state index in [-0.39, 0.29) is 5.91 Å². The SMILES string of the molecule is CNC1CCN(C(=O)C2COc3ccccc3O2)CC1. The Morgan fingerprint density at radius 2 is 1.95 bits per heavy atom. The first-order chi connectivity index (χ1) is 9.78. The second-order valence-corrected chi connectivity index (χ2v) is 5.25. The van der Waals surface area contributed by atoms with Gasteiger partial charge in [0.25, 0.3) is 5.91 Å². The van der Waals surface area contributed by atoms with Gasteiger partial charge in [-0.1, -0.05) is 12.1 Å². The van der Waals surface area contributed by atoms with Crippen molar-refractivity contribution in [2.24, 2.45) is 0 Å². The number of carbonyl (C=O) groups is 1. The van der Waals surface area contributed by atoms with E-state index in [2.05, 4.69) is 5.32 Å². The molecule has 2 aliphatic heterocycles. The number of para-hydroxylation sites is 2. The summed E-state index contributed by atoms with van der Waals surface area (Å²) in [7, 11) is 1.97. The molecular formula is C15H20N2O3. The summed E-state index contributed by atoms with van der Waals surface area (Å²) in [6.07, 6.45) is 1.47. The first-order valence-corrected chi connectivity index (χ1v) is 7.12. The molecule has 0 aliphatic carbocycles. The van der Waals surface area contributed by atoms with Gasteiger partial charge in [0, 0.05) is 19.1 Å². The zero-order valence-corrected chi connectivity index (χ0v) is 11.7. The van der Waals surface area contributed by atoms with Gasteiger partial charge in [-0.2, -0.15) is 0 Å². The minimum absolute atomic E-state index is 0.0362. The lowest BCUT2D eigenvalue weighted by Crippen LogP contribution is -2.51. The molecule has 0 bridgehead atoms. The van der Waals surface area contributed by atoms with Gasteiger partial charge in [0.1, 0.15) is 6.61 Å². The number of benzene rings is 1. The molecule has 0 aromatic heterocycles. The molecule has 5 nitrogen and oxygen atoms in total. The minimum atomic E-state index is -0.518. The molecule has 108 valence electrons. The average molecular weight is 276 g/mol. The first kappa shape index (κ1) is 13.2. The first-order valence-electron chi connectivity index (χ1n) is 7.12. The van der Waals surface area contributed by atoms with Crippen LogP contribution < -0.4 is 14.8 Å². The summed E-state index contributed by atoms with van der Waals surface area (Å²) in [6.45, 7) is 1.86. The van der Waals surface area contributed by atoms with Crippen molar-refractivity contribution >= 4 is 5.91 Å². The standard InChI is InChI=1S/C15H20N2O3/c1-16-11-6-8-17(9-7-11)15(18)14-10-19-12-4-2-3-5-13(12)20-14/h2-5,11,14,16H,6-10H2,1H3. The Hall–Kier alpha value is -1.75. The summed E-state index contributed by atoms with van der Waals surface area (Å²) in [5.41, 5.74) is 0. The number of nitrogens with zero attached hydrogens (tertiary/aromatic N) is 1. The number of hydrogen-bond acceptors (Lipinski definition) is 4. The van der Waals surface area contributed by atoms with Gasteiger partial charge in [-0.05, 0) is 32.0 Å². The van der Waals surface area contributed by atoms with Crippen LogP contribution >= 0.6 is 0 Å². The van der Waals surface area contributed by atoms with E-state index >= 15 is 0 Å². The average Bonchev–Trinajstić information content (AvgIpc) is 2.54. The summed E-state index contributed by atoms with van der Waals surface area (Å²) >= 11 is 0. The van der Waals surface area contributed by atoms with Gasteiger partial charge in [0.05, 0.1) is 0 Å². The summed E-state index contributed by atoms with van der Waals surface area (Å²) in [5, 5.41) is 3.26. The van der Waals surface area contributed by atoms with Crippen molar-refractivity contribution < 1.29 is 14.3 Å². The van der Waals surface area contributed by atoms with Crippen molar-refractivity contribution in [1.29, 1.82) is 0 Å². The number of hydrogen-bond donors (Lipinski definition) is 1. The lowest BCUT2D eigenvalue weighted by Gasteiger charge is -2.35. The largest absolute Gasteiger partial charge is 0.485 e. The smallest absolute Gasteiger partial charge is 0.267 e. The molecule has 1 aromatic carbocycles. The van der Waals surface area contributed by atoms with E-state index in [4.69, 9.17) is 9.47 Å². The van der Waals surface area contributed by atoms with Gasteiger partial charge in [-0.25, -0.2) is 0 Å². The van der Waals surface area contributed by atoms with E-state index in [1.807, 2.05) is 36.2 Å². The molecule has 1 aromatic rings. The molecule has 1 amide bonds. The van der Waals surface area contributed by atoms with Crippen LogP contribution in [0.15, 0.2) is 24.3 Å². The maximum absolute atomic E-state index is 12.5. The van der Waals surface area contributed by atoms with Crippen molar-refractivity contribution in [3.63, 3.8) is 0 Å². The van der Waals surface area contributed by atoms with Crippen molar-refractivity contribution in [2.75, 3.05) is 26.7 Å². The molecule has 3 rings (SSSR count). The zero-order chi connectivity index (χ0) is 13.9. The van der Waals surface area contributed by atoms with Gasteiger partial charge < -0.3 is 19.7 Å². The predicted octanol–water partition coefficient (Wildman–Crippen LogP) is 1.04. The van der Waals surface area contributed by atoms with Gasteiger partial charge in [0.2, 0.25) is 6.10 Å². The van der Waals surface area contributed by atoms with Gasteiger partial charge >= 0.3 is 0 Å². The maximum atomic E-state index is 12.5. The van der Waals surface area contributed by atoms with E-state index in [0.29, 0.717) is 24.1 Å². The fourth-order valence-corrected chi connectivity index (χ4v) is 2.73. The van der Waals surface area contributed by atoms with Crippen LogP contribution in [0.1, 0.15) is 12.8 Å². The Morgan fingerprint density at radius 3 is 2.65 bits per heavy atom. The summed E-state index contributed by atoms with van der Waals surface area (Å²) in [6, 6.07) is 7.99. The number of amides is 1. The van der Waals surface area contributed by atoms with E-state index in [1.54, 1.807) is 0 Å². The van der Waals surface area contributed by atoms with Crippen LogP contribution in [0.3, 0.4) is 0 Å². The summed E-state index contributed by atoms with van der Waals surface area (Å²) < 4.78 is 11.4. The third kappa shape index (κ3) is 2.58. The maximum Gasteiger partial charge on any atom is 0.267 e. The van der Waals surface area contributed by atoms with Crippen LogP contribution in [0.2, 0.25) is 0 Å². The lowest BCUT2D eigenvalue weighted by molar-refractivity contribution is -0.142. The molecule has 0 saturated carbocycles. The summed E-state index contributed by atoms with van der Waals surface area (Å²) in [4.78, 5) is 14.3. The number of rotatable bonds is 2. The fraction of sp³-hybridized carbons (Fsp3) is 0.533. The van der Waals surface area contributed by atoms with Crippen LogP contribution in [-0.2, 0) is 4.79 Å². The Labute approximate surface area is 118 Å². The molecule has 20 heavy (non-hydrogen) atoms. The molecule has 1 saturated heterocycles. The highest BCUT2D eigenvalue weighted by molar-refractivity contribution is 5.82. The molecular weight excluding hydrogens is 256 g/mol. The highest BCUT2D eigenvalue weighted by Crippen LogP contribution is 2.31. The molecule has 1 atom stereocenters. The van der Waals surface area contributed by atoms with E-state index in [1.165, 1.54) is 0 Å². The third-order valence-corrected chi connectivity index (χ3v) is 4.00. The summed E-state index contributed by atoms with van der Waals surface area (Å²) in [5.74, 6) is 1.40. The van der Waals surface area contributed by atoms with Crippen molar-refractivity contribution in [2.45, 2.75) is 25.0 Å². The van der Waals surface area contributed by atoms with Gasteiger partial charge in [0.15, 0.2) is 11.5 Å². The second kappa shape index (κ2) is 5.71. The Morgan fingerprint density at radius 1 is 1.25 bits per heavy atom. The lowest BCUT2D eigenvalue weighted by atomic mass is 10.0. The van der Waals surface area contributed by atoms with Gasteiger partial charge in [-0.3, -0.25) is 4.79 Å². The van der Waals surface area contributed by atoms with Crippen molar-refractivity contribution in [1.82, 2.24) is 10.2 Å². The van der Waals surface area contributed by atoms with Crippen LogP contribution in [0.25, 0.3) is 0 Å². The highest BCUT2D eigenvalue weighted by atomic mass is 16.6. The van der Waals surface area contributed by atoms with Crippen LogP contribution in [0.5, 0.6) is 11.5 Å². The van der Waals surface area contributed by atoms with E-state index < -0.39 is 6.10 Å². The fourth-order valence-electron chi connectivity index (χ4n) is 2.73. The molecule has 1 N–H and O–H groups in total. The highest BCUT2D eigenvalue weighted by Gasteiger charge is 2.32. The molecule has 2 aliphatic rings. The van der Waals surface area contributed by atoms with Crippen LogP contribution in [0, 0.1) is 0 Å². The number of ether oxygens (including phenoxy) is 2. The number of nitrogens with one attached hydrogen (secondary N) is 1. The number of likely N-dealkylation sites (tertiary alicyclic amines) is 1. The Bertz CT molecular complexity index is 484. The van der Waals surface area contributed by atoms with E-state index in [9.17, 15) is 4.79 Å². The van der Waals surface area contributed by atoms with Gasteiger partial charge in [-0.15, -0.1) is 0 Å². The van der Waals surface area contributed by atoms with E-state index in [0.717, 1.165) is 25.9 Å². The van der Waals surface area contributed by atoms with Crippen LogP contribution in [-0.4, -0.2) is 49.7 Å². The molecule has 1 unspecified atom stereocenters. The third-order valence-electron chi connectivity index (χ3n) is 4.00. The van der Waals surface area contributed by atoms with Crippen LogP contribution in [0.4, 0.5) is 0 Å². The zero-order valence-electron chi connectivity index (χ0n) is 11.7. The molecule has 2 heterocycles. The van der Waals surface area contributed by atoms with Crippen molar-refractivity contribution in [3.05, 3.63) is 24.3 Å². The molecule has 5 heteroatoms. The second-order valence-electron chi connectivity index (χ2n) is 5.25. The molecule has 0 radical (unpaired) electrons. The quantitative estimate of drug-likeness (QED) is 0.877. The number of carbonyl (C=O) groups excluding carboxylic acids is 1. The number of fused-ring (bicyclic) bond motifs is 1. The molecule has 0 spiro atoms. The topological polar surface area (TPSA) is 50.8 Å². The van der Waals surface area contributed by atoms with Crippen molar-refractivity contribution in [3.8, 4) is 11.5 Å². The minimum Gasteiger partial charge on any atom is -0.485 e. The Kier molecular flexibility index (Phi) is 3.78.